The summed E-state index contributed by atoms with van der Waals surface area (Å²) in [6, 6.07) is 9.33. The van der Waals surface area contributed by atoms with E-state index in [2.05, 4.69) is 10.6 Å². The minimum atomic E-state index is -0.924. The number of hydrogen-bond acceptors (Lipinski definition) is 4. The second-order valence-electron chi connectivity index (χ2n) is 7.27. The zero-order chi connectivity index (χ0) is 20.4. The minimum absolute atomic E-state index is 0. The van der Waals surface area contributed by atoms with Gasteiger partial charge in [-0.25, -0.2) is 0 Å². The minimum Gasteiger partial charge on any atom is -0.480 e. The van der Waals surface area contributed by atoms with Crippen LogP contribution in [0, 0.1) is 0 Å². The summed E-state index contributed by atoms with van der Waals surface area (Å²) < 4.78 is 0. The fraction of sp³-hybridized carbons (Fsp3) is 0.571. The molecule has 0 aromatic heterocycles. The maximum atomic E-state index is 12.3. The molecule has 0 saturated carbocycles. The number of nitrogens with zero attached hydrogens (tertiary/aromatic N) is 1. The van der Waals surface area contributed by atoms with Crippen LogP contribution < -0.4 is 10.6 Å². The van der Waals surface area contributed by atoms with Crippen LogP contribution >= 0.6 is 12.4 Å². The topological polar surface area (TPSA) is 98.7 Å². The van der Waals surface area contributed by atoms with Crippen LogP contribution in [-0.4, -0.2) is 59.5 Å². The zero-order valence-corrected chi connectivity index (χ0v) is 17.7. The van der Waals surface area contributed by atoms with Crippen molar-refractivity contribution in [2.24, 2.45) is 0 Å². The van der Waals surface area contributed by atoms with Crippen molar-refractivity contribution in [2.75, 3.05) is 19.6 Å². The molecule has 7 nitrogen and oxygen atoms in total. The number of amides is 2. The SMILES string of the molecule is CCCC(NCC(=O)N1CCC(NC(=O)CCc2ccccc2)CC1)C(=O)O.Cl. The lowest BCUT2D eigenvalue weighted by Gasteiger charge is -2.32. The van der Waals surface area contributed by atoms with Gasteiger partial charge in [0.15, 0.2) is 0 Å². The highest BCUT2D eigenvalue weighted by atomic mass is 35.5. The Hall–Kier alpha value is -2.12. The van der Waals surface area contributed by atoms with Crippen LogP contribution in [0.25, 0.3) is 0 Å². The van der Waals surface area contributed by atoms with Crippen LogP contribution in [0.3, 0.4) is 0 Å². The molecule has 0 spiro atoms. The van der Waals surface area contributed by atoms with Gasteiger partial charge in [0.25, 0.3) is 0 Å². The van der Waals surface area contributed by atoms with Gasteiger partial charge in [0.1, 0.15) is 6.04 Å². The molecule has 1 aromatic carbocycles. The fourth-order valence-electron chi connectivity index (χ4n) is 3.40. The highest BCUT2D eigenvalue weighted by Gasteiger charge is 2.25. The number of hydrogen-bond donors (Lipinski definition) is 3. The molecule has 1 heterocycles. The molecule has 1 aliphatic heterocycles. The highest BCUT2D eigenvalue weighted by Crippen LogP contribution is 2.11. The van der Waals surface area contributed by atoms with Gasteiger partial charge in [0.05, 0.1) is 6.54 Å². The van der Waals surface area contributed by atoms with E-state index in [9.17, 15) is 14.4 Å². The Morgan fingerprint density at radius 1 is 1.17 bits per heavy atom. The van der Waals surface area contributed by atoms with Crippen molar-refractivity contribution in [3.05, 3.63) is 35.9 Å². The van der Waals surface area contributed by atoms with E-state index in [0.29, 0.717) is 25.9 Å². The Morgan fingerprint density at radius 2 is 1.83 bits per heavy atom. The van der Waals surface area contributed by atoms with E-state index in [0.717, 1.165) is 31.2 Å². The Morgan fingerprint density at radius 3 is 2.41 bits per heavy atom. The van der Waals surface area contributed by atoms with Crippen molar-refractivity contribution in [1.82, 2.24) is 15.5 Å². The molecule has 1 unspecified atom stereocenters. The summed E-state index contributed by atoms with van der Waals surface area (Å²) >= 11 is 0. The maximum Gasteiger partial charge on any atom is 0.320 e. The first kappa shape index (κ1) is 24.9. The number of carbonyl (C=O) groups excluding carboxylic acids is 2. The Labute approximate surface area is 178 Å². The quantitative estimate of drug-likeness (QED) is 0.532. The molecule has 2 amide bonds. The number of rotatable bonds is 10. The van der Waals surface area contributed by atoms with E-state index in [4.69, 9.17) is 5.11 Å². The van der Waals surface area contributed by atoms with Crippen LogP contribution in [0.15, 0.2) is 30.3 Å². The van der Waals surface area contributed by atoms with Gasteiger partial charge in [-0.3, -0.25) is 19.7 Å². The number of carboxylic acids is 1. The second-order valence-corrected chi connectivity index (χ2v) is 7.27. The van der Waals surface area contributed by atoms with Crippen LogP contribution in [0.4, 0.5) is 0 Å². The Bertz CT molecular complexity index is 649. The number of aliphatic carboxylic acids is 1. The normalized spacial score (nSPS) is 15.3. The van der Waals surface area contributed by atoms with E-state index >= 15 is 0 Å². The Kier molecular flexibility index (Phi) is 11.3. The van der Waals surface area contributed by atoms with Gasteiger partial charge >= 0.3 is 5.97 Å². The fourth-order valence-corrected chi connectivity index (χ4v) is 3.40. The maximum absolute atomic E-state index is 12.3. The predicted octanol–water partition coefficient (Wildman–Crippen LogP) is 1.99. The molecule has 1 aliphatic rings. The Balaban J connectivity index is 0.00000420. The first-order valence-electron chi connectivity index (χ1n) is 10.1. The molecule has 0 bridgehead atoms. The molecule has 8 heteroatoms. The van der Waals surface area contributed by atoms with E-state index in [1.165, 1.54) is 0 Å². The average molecular weight is 426 g/mol. The molecular formula is C21H32ClN3O4. The summed E-state index contributed by atoms with van der Waals surface area (Å²) in [5.74, 6) is -0.970. The molecule has 3 N–H and O–H groups in total. The van der Waals surface area contributed by atoms with E-state index in [1.54, 1.807) is 4.90 Å². The number of nitrogens with one attached hydrogen (secondary N) is 2. The van der Waals surface area contributed by atoms with Crippen molar-refractivity contribution in [1.29, 1.82) is 0 Å². The number of likely N-dealkylation sites (tertiary alicyclic amines) is 1. The molecule has 1 aromatic rings. The molecule has 29 heavy (non-hydrogen) atoms. The van der Waals surface area contributed by atoms with Gasteiger partial charge < -0.3 is 15.3 Å². The smallest absolute Gasteiger partial charge is 0.320 e. The third-order valence-corrected chi connectivity index (χ3v) is 5.07. The molecule has 0 radical (unpaired) electrons. The third kappa shape index (κ3) is 8.83. The third-order valence-electron chi connectivity index (χ3n) is 5.07. The first-order chi connectivity index (χ1) is 13.5. The monoisotopic (exact) mass is 425 g/mol. The highest BCUT2D eigenvalue weighted by molar-refractivity contribution is 5.85. The largest absolute Gasteiger partial charge is 0.480 e. The van der Waals surface area contributed by atoms with Crippen molar-refractivity contribution >= 4 is 30.2 Å². The number of halogens is 1. The summed E-state index contributed by atoms with van der Waals surface area (Å²) in [6.45, 7) is 3.11. The van der Waals surface area contributed by atoms with Gasteiger partial charge in [-0.15, -0.1) is 12.4 Å². The second kappa shape index (κ2) is 13.2. The molecular weight excluding hydrogens is 394 g/mol. The molecule has 162 valence electrons. The summed E-state index contributed by atoms with van der Waals surface area (Å²) in [5.41, 5.74) is 1.15. The van der Waals surface area contributed by atoms with E-state index in [-0.39, 0.29) is 36.8 Å². The van der Waals surface area contributed by atoms with Gasteiger partial charge in [-0.05, 0) is 31.2 Å². The first-order valence-corrected chi connectivity index (χ1v) is 10.1. The number of carboxylic acid groups (broad SMARTS) is 1. The number of carbonyl (C=O) groups is 3. The lowest BCUT2D eigenvalue weighted by molar-refractivity contribution is -0.140. The number of piperidine rings is 1. The van der Waals surface area contributed by atoms with Crippen molar-refractivity contribution < 1.29 is 19.5 Å². The van der Waals surface area contributed by atoms with Crippen LogP contribution in [0.1, 0.15) is 44.6 Å². The van der Waals surface area contributed by atoms with Crippen molar-refractivity contribution in [2.45, 2.75) is 57.5 Å². The van der Waals surface area contributed by atoms with Crippen LogP contribution in [0.5, 0.6) is 0 Å². The lowest BCUT2D eigenvalue weighted by Crippen LogP contribution is -2.50. The summed E-state index contributed by atoms with van der Waals surface area (Å²) in [4.78, 5) is 37.3. The van der Waals surface area contributed by atoms with Crippen LogP contribution in [-0.2, 0) is 20.8 Å². The summed E-state index contributed by atoms with van der Waals surface area (Å²) in [6.07, 6.45) is 3.87. The molecule has 1 fully saturated rings. The van der Waals surface area contributed by atoms with E-state index in [1.807, 2.05) is 37.3 Å². The molecule has 2 rings (SSSR count). The predicted molar refractivity (Wildman–Crippen MR) is 114 cm³/mol. The lowest BCUT2D eigenvalue weighted by atomic mass is 10.0. The number of aryl methyl sites for hydroxylation is 1. The molecule has 1 atom stereocenters. The van der Waals surface area contributed by atoms with E-state index < -0.39 is 12.0 Å². The van der Waals surface area contributed by atoms with Crippen molar-refractivity contribution in [3.8, 4) is 0 Å². The number of benzene rings is 1. The van der Waals surface area contributed by atoms with Gasteiger partial charge in [0, 0.05) is 25.6 Å². The summed E-state index contributed by atoms with van der Waals surface area (Å²) in [7, 11) is 0. The van der Waals surface area contributed by atoms with Crippen LogP contribution in [0.2, 0.25) is 0 Å². The van der Waals surface area contributed by atoms with Gasteiger partial charge in [-0.1, -0.05) is 43.7 Å². The summed E-state index contributed by atoms with van der Waals surface area (Å²) in [5, 5.41) is 15.0. The zero-order valence-electron chi connectivity index (χ0n) is 16.9. The molecule has 0 aliphatic carbocycles. The molecule has 1 saturated heterocycles. The average Bonchev–Trinajstić information content (AvgIpc) is 2.70. The van der Waals surface area contributed by atoms with Gasteiger partial charge in [0.2, 0.25) is 11.8 Å². The standard InChI is InChI=1S/C21H31N3O4.ClH/c1-2-6-18(21(27)28)22-15-20(26)24-13-11-17(12-14-24)23-19(25)10-9-16-7-4-3-5-8-16;/h3-5,7-8,17-18,22H,2,6,9-15H2,1H3,(H,23,25)(H,27,28);1H. The van der Waals surface area contributed by atoms with Crippen molar-refractivity contribution in [3.63, 3.8) is 0 Å². The van der Waals surface area contributed by atoms with Gasteiger partial charge in [-0.2, -0.15) is 0 Å².